The molecule has 0 aliphatic carbocycles. The van der Waals surface area contributed by atoms with Crippen molar-refractivity contribution < 1.29 is 31.3 Å². The number of carboxylic acid groups (broad SMARTS) is 2. The summed E-state index contributed by atoms with van der Waals surface area (Å²) >= 11 is 0. The normalized spacial score (nSPS) is 12.6. The first-order valence-corrected chi connectivity index (χ1v) is 4.66. The Morgan fingerprint density at radius 1 is 1.00 bits per heavy atom. The van der Waals surface area contributed by atoms with Gasteiger partial charge in [0.15, 0.2) is 0 Å². The lowest BCUT2D eigenvalue weighted by atomic mass is 10.2. The van der Waals surface area contributed by atoms with Crippen molar-refractivity contribution in [3.8, 4) is 0 Å². The Morgan fingerprint density at radius 2 is 1.25 bits per heavy atom. The first kappa shape index (κ1) is 16.8. The molecule has 0 aromatic carbocycles. The van der Waals surface area contributed by atoms with E-state index in [1.807, 2.05) is 0 Å². The lowest BCUT2D eigenvalue weighted by Crippen LogP contribution is -2.68. The summed E-state index contributed by atoms with van der Waals surface area (Å²) in [4.78, 5) is 19.7. The molecule has 6 nitrogen and oxygen atoms in total. The van der Waals surface area contributed by atoms with Gasteiger partial charge in [0.2, 0.25) is 0 Å². The molecule has 0 unspecified atom stereocenters. The molecule has 0 spiro atoms. The summed E-state index contributed by atoms with van der Waals surface area (Å²) in [5.41, 5.74) is 6.59. The van der Waals surface area contributed by atoms with Crippen LogP contribution in [0.4, 0.5) is 0 Å². The topological polar surface area (TPSA) is 136 Å². The van der Waals surface area contributed by atoms with Gasteiger partial charge in [-0.2, -0.15) is 0 Å². The summed E-state index contributed by atoms with van der Waals surface area (Å²) in [5.74, 6) is -2.24. The minimum absolute atomic E-state index is 0.377. The number of quaternary nitrogens is 2. The van der Waals surface area contributed by atoms with Gasteiger partial charge in [-0.25, -0.2) is 0 Å². The van der Waals surface area contributed by atoms with Crippen LogP contribution in [-0.2, 0) is 9.59 Å². The Hall–Kier alpha value is -1.66. The number of aliphatic carboxylic acids is 2. The van der Waals surface area contributed by atoms with Gasteiger partial charge in [-0.15, -0.1) is 13.2 Å². The summed E-state index contributed by atoms with van der Waals surface area (Å²) in [5, 5.41) is 19.7. The number of rotatable bonds is 6. The summed E-state index contributed by atoms with van der Waals surface area (Å²) in [6, 6.07) is -1.29. The van der Waals surface area contributed by atoms with E-state index in [0.717, 1.165) is 0 Å². The van der Waals surface area contributed by atoms with E-state index in [1.165, 1.54) is 12.2 Å². The van der Waals surface area contributed by atoms with Crippen LogP contribution < -0.4 is 21.7 Å². The van der Waals surface area contributed by atoms with Crippen LogP contribution in [0.3, 0.4) is 0 Å². The van der Waals surface area contributed by atoms with Crippen LogP contribution in [-0.4, -0.2) is 24.0 Å². The third-order valence-electron chi connectivity index (χ3n) is 1.57. The van der Waals surface area contributed by atoms with Gasteiger partial charge < -0.3 is 31.3 Å². The SMILES string of the molecule is C=CC[C@@H]([NH3+])C(=O)[O-].C=CC[C@H]([NH3+])C(=O)[O-]. The average molecular weight is 230 g/mol. The number of carbonyl (C=O) groups is 2. The Balaban J connectivity index is 0. The lowest BCUT2D eigenvalue weighted by molar-refractivity contribution is -0.436. The van der Waals surface area contributed by atoms with Crippen LogP contribution in [0.15, 0.2) is 25.3 Å². The van der Waals surface area contributed by atoms with Crippen LogP contribution >= 0.6 is 0 Å². The second-order valence-electron chi connectivity index (χ2n) is 3.08. The van der Waals surface area contributed by atoms with Gasteiger partial charge in [-0.3, -0.25) is 0 Å². The van der Waals surface area contributed by atoms with E-state index >= 15 is 0 Å². The van der Waals surface area contributed by atoms with Crippen molar-refractivity contribution in [2.75, 3.05) is 0 Å². The first-order chi connectivity index (χ1) is 7.36. The van der Waals surface area contributed by atoms with Gasteiger partial charge in [0, 0.05) is 12.8 Å². The number of carboxylic acids is 2. The van der Waals surface area contributed by atoms with Crippen LogP contribution in [0.25, 0.3) is 0 Å². The largest absolute Gasteiger partial charge is 0.544 e. The van der Waals surface area contributed by atoms with E-state index in [0.29, 0.717) is 12.8 Å². The van der Waals surface area contributed by atoms with Crippen molar-refractivity contribution in [1.29, 1.82) is 0 Å². The van der Waals surface area contributed by atoms with Crippen molar-refractivity contribution in [2.45, 2.75) is 24.9 Å². The molecule has 0 saturated heterocycles. The van der Waals surface area contributed by atoms with Crippen molar-refractivity contribution >= 4 is 11.9 Å². The Morgan fingerprint density at radius 3 is 1.31 bits per heavy atom. The Kier molecular flexibility index (Phi) is 10.3. The zero-order chi connectivity index (χ0) is 13.1. The molecular weight excluding hydrogens is 212 g/mol. The van der Waals surface area contributed by atoms with E-state index in [-0.39, 0.29) is 0 Å². The second kappa shape index (κ2) is 9.88. The van der Waals surface area contributed by atoms with Crippen molar-refractivity contribution in [2.24, 2.45) is 0 Å². The monoisotopic (exact) mass is 230 g/mol. The molecule has 0 aromatic rings. The zero-order valence-corrected chi connectivity index (χ0v) is 9.19. The molecular formula is C10H18N2O4. The van der Waals surface area contributed by atoms with E-state index in [1.54, 1.807) is 0 Å². The van der Waals surface area contributed by atoms with Crippen LogP contribution in [0, 0.1) is 0 Å². The van der Waals surface area contributed by atoms with Crippen molar-refractivity contribution in [3.05, 3.63) is 25.3 Å². The maximum Gasteiger partial charge on any atom is 0.128 e. The highest BCUT2D eigenvalue weighted by molar-refractivity contribution is 5.69. The van der Waals surface area contributed by atoms with Crippen LogP contribution in [0.1, 0.15) is 12.8 Å². The molecule has 0 amide bonds. The molecule has 0 heterocycles. The molecule has 0 bridgehead atoms. The summed E-state index contributed by atoms with van der Waals surface area (Å²) < 4.78 is 0. The molecule has 6 heteroatoms. The zero-order valence-electron chi connectivity index (χ0n) is 9.19. The van der Waals surface area contributed by atoms with E-state index < -0.39 is 24.0 Å². The molecule has 2 atom stereocenters. The van der Waals surface area contributed by atoms with Crippen molar-refractivity contribution in [1.82, 2.24) is 0 Å². The Bertz CT molecular complexity index is 227. The summed E-state index contributed by atoms with van der Waals surface area (Å²) in [7, 11) is 0. The van der Waals surface area contributed by atoms with Gasteiger partial charge in [0.05, 0.1) is 11.9 Å². The summed E-state index contributed by atoms with van der Waals surface area (Å²) in [6.07, 6.45) is 3.77. The minimum atomic E-state index is -1.12. The third-order valence-corrected chi connectivity index (χ3v) is 1.57. The van der Waals surface area contributed by atoms with Gasteiger partial charge in [0.1, 0.15) is 12.1 Å². The molecule has 0 rings (SSSR count). The smallest absolute Gasteiger partial charge is 0.128 e. The molecule has 16 heavy (non-hydrogen) atoms. The highest BCUT2D eigenvalue weighted by Crippen LogP contribution is 1.82. The highest BCUT2D eigenvalue weighted by Gasteiger charge is 2.01. The number of hydrogen-bond acceptors (Lipinski definition) is 4. The van der Waals surface area contributed by atoms with Gasteiger partial charge >= 0.3 is 0 Å². The highest BCUT2D eigenvalue weighted by atomic mass is 16.4. The molecule has 0 aromatic heterocycles. The lowest BCUT2D eigenvalue weighted by Gasteiger charge is -2.03. The van der Waals surface area contributed by atoms with Gasteiger partial charge in [-0.1, -0.05) is 12.2 Å². The quantitative estimate of drug-likeness (QED) is 0.447. The third kappa shape index (κ3) is 10.4. The molecule has 0 aliphatic rings. The maximum atomic E-state index is 9.87. The first-order valence-electron chi connectivity index (χ1n) is 4.66. The fourth-order valence-corrected chi connectivity index (χ4v) is 0.595. The maximum absolute atomic E-state index is 9.87. The fourth-order valence-electron chi connectivity index (χ4n) is 0.595. The van der Waals surface area contributed by atoms with E-state index in [4.69, 9.17) is 0 Å². The predicted molar refractivity (Wildman–Crippen MR) is 53.0 cm³/mol. The fraction of sp³-hybridized carbons (Fsp3) is 0.400. The average Bonchev–Trinajstić information content (AvgIpc) is 2.19. The predicted octanol–water partition coefficient (Wildman–Crippen LogP) is -4.15. The van der Waals surface area contributed by atoms with Gasteiger partial charge in [-0.05, 0) is 0 Å². The second-order valence-corrected chi connectivity index (χ2v) is 3.08. The molecule has 0 aliphatic heterocycles. The number of hydrogen-bond donors (Lipinski definition) is 2. The standard InChI is InChI=1S/2C5H9NO2/c2*1-2-3-4(6)5(7)8/h2*2,4H,1,3,6H2,(H,7,8)/t2*4-/m10/s1. The van der Waals surface area contributed by atoms with Crippen molar-refractivity contribution in [3.63, 3.8) is 0 Å². The molecule has 0 saturated carbocycles. The molecule has 92 valence electrons. The van der Waals surface area contributed by atoms with Crippen LogP contribution in [0.5, 0.6) is 0 Å². The molecule has 0 fully saturated rings. The molecule has 0 radical (unpaired) electrons. The molecule has 6 N–H and O–H groups in total. The van der Waals surface area contributed by atoms with Gasteiger partial charge in [0.25, 0.3) is 0 Å². The number of carbonyl (C=O) groups excluding carboxylic acids is 2. The Labute approximate surface area is 94.2 Å². The van der Waals surface area contributed by atoms with Crippen LogP contribution in [0.2, 0.25) is 0 Å². The summed E-state index contributed by atoms with van der Waals surface area (Å²) in [6.45, 7) is 6.70. The van der Waals surface area contributed by atoms with E-state index in [2.05, 4.69) is 24.6 Å². The minimum Gasteiger partial charge on any atom is -0.544 e. The van der Waals surface area contributed by atoms with E-state index in [9.17, 15) is 19.8 Å².